The normalized spacial score (nSPS) is 21.8. The second-order valence-electron chi connectivity index (χ2n) is 8.59. The molecule has 1 N–H and O–H groups in total. The Hall–Kier alpha value is -3.33. The summed E-state index contributed by atoms with van der Waals surface area (Å²) in [6, 6.07) is 13.0. The molecular formula is C24H24ClF2N5O2. The summed E-state index contributed by atoms with van der Waals surface area (Å²) in [7, 11) is 0. The van der Waals surface area contributed by atoms with Crippen LogP contribution in [0.1, 0.15) is 25.7 Å². The highest BCUT2D eigenvalue weighted by Crippen LogP contribution is 2.41. The highest BCUT2D eigenvalue weighted by atomic mass is 35.5. The van der Waals surface area contributed by atoms with Gasteiger partial charge in [-0.15, -0.1) is 22.6 Å². The van der Waals surface area contributed by atoms with Crippen LogP contribution < -0.4 is 10.2 Å². The Labute approximate surface area is 202 Å². The second kappa shape index (κ2) is 9.89. The summed E-state index contributed by atoms with van der Waals surface area (Å²) in [6.45, 7) is 1.06. The van der Waals surface area contributed by atoms with Gasteiger partial charge in [-0.25, -0.2) is 14.2 Å². The molecule has 1 saturated carbocycles. The summed E-state index contributed by atoms with van der Waals surface area (Å²) in [5.41, 5.74) is 0.862. The van der Waals surface area contributed by atoms with Crippen molar-refractivity contribution in [3.05, 3.63) is 66.5 Å². The van der Waals surface area contributed by atoms with E-state index in [1.54, 1.807) is 24.3 Å². The van der Waals surface area contributed by atoms with Gasteiger partial charge >= 0.3 is 6.09 Å². The van der Waals surface area contributed by atoms with E-state index in [-0.39, 0.29) is 23.9 Å². The molecule has 0 radical (unpaired) electrons. The molecule has 1 aliphatic carbocycles. The predicted octanol–water partition coefficient (Wildman–Crippen LogP) is 5.24. The van der Waals surface area contributed by atoms with Gasteiger partial charge in [-0.3, -0.25) is 4.90 Å². The Balaban J connectivity index is 0.00000274. The zero-order chi connectivity index (χ0) is 22.8. The molecule has 1 spiro atoms. The minimum Gasteiger partial charge on any atom is -0.441 e. The first kappa shape index (κ1) is 23.8. The fraction of sp³-hybridized carbons (Fsp3) is 0.333. The summed E-state index contributed by atoms with van der Waals surface area (Å²) < 4.78 is 33.2. The molecule has 1 aromatic carbocycles. The van der Waals surface area contributed by atoms with Crippen LogP contribution in [-0.2, 0) is 4.74 Å². The summed E-state index contributed by atoms with van der Waals surface area (Å²) >= 11 is 0. The number of nitrogens with one attached hydrogen (secondary N) is 1. The number of carbonyl (C=O) groups is 1. The lowest BCUT2D eigenvalue weighted by Crippen LogP contribution is -2.39. The van der Waals surface area contributed by atoms with E-state index in [2.05, 4.69) is 20.5 Å². The maximum atomic E-state index is 14.0. The summed E-state index contributed by atoms with van der Waals surface area (Å²) in [6.07, 6.45) is 4.01. The SMILES string of the molecule is Cl.O=C1OC2(CCC(CNc3ccc(-c4cccc(F)c4)nn3)CC2)CN1c1cccnc1F. The number of aromatic nitrogens is 3. The van der Waals surface area contributed by atoms with Gasteiger partial charge in [0.15, 0.2) is 0 Å². The van der Waals surface area contributed by atoms with Gasteiger partial charge < -0.3 is 10.1 Å². The number of pyridine rings is 1. The lowest BCUT2D eigenvalue weighted by atomic mass is 9.78. The molecule has 3 aromatic rings. The Morgan fingerprint density at radius 3 is 2.62 bits per heavy atom. The predicted molar refractivity (Wildman–Crippen MR) is 126 cm³/mol. The van der Waals surface area contributed by atoms with Gasteiger partial charge in [0.25, 0.3) is 0 Å². The van der Waals surface area contributed by atoms with Crippen molar-refractivity contribution in [2.45, 2.75) is 31.3 Å². The Bertz CT molecular complexity index is 1160. The van der Waals surface area contributed by atoms with Crippen LogP contribution in [0.25, 0.3) is 11.3 Å². The van der Waals surface area contributed by atoms with Gasteiger partial charge in [0.2, 0.25) is 5.95 Å². The molecule has 2 aliphatic rings. The summed E-state index contributed by atoms with van der Waals surface area (Å²) in [5.74, 6) is 0.0614. The first-order valence-corrected chi connectivity index (χ1v) is 11.0. The number of anilines is 2. The molecule has 0 atom stereocenters. The number of carbonyl (C=O) groups excluding carboxylic acids is 1. The van der Waals surface area contributed by atoms with Gasteiger partial charge in [-0.1, -0.05) is 12.1 Å². The van der Waals surface area contributed by atoms with Gasteiger partial charge in [-0.05, 0) is 68.0 Å². The summed E-state index contributed by atoms with van der Waals surface area (Å²) in [5, 5.41) is 11.7. The standard InChI is InChI=1S/C24H23F2N5O2.ClH/c25-18-4-1-3-17(13-18)19-6-7-21(30-29-19)28-14-16-8-10-24(11-9-16)15-31(23(32)33-24)20-5-2-12-27-22(20)26;/h1-7,12-13,16H,8-11,14-15H2,(H,28,30);1H. The van der Waals surface area contributed by atoms with Crippen LogP contribution >= 0.6 is 12.4 Å². The molecule has 0 unspecified atom stereocenters. The molecule has 3 heterocycles. The van der Waals surface area contributed by atoms with Crippen molar-refractivity contribution in [3.63, 3.8) is 0 Å². The van der Waals surface area contributed by atoms with Crippen molar-refractivity contribution in [1.29, 1.82) is 0 Å². The monoisotopic (exact) mass is 487 g/mol. The van der Waals surface area contributed by atoms with E-state index in [4.69, 9.17) is 4.74 Å². The molecule has 0 bridgehead atoms. The molecule has 7 nitrogen and oxygen atoms in total. The number of hydrogen-bond donors (Lipinski definition) is 1. The zero-order valence-corrected chi connectivity index (χ0v) is 19.1. The van der Waals surface area contributed by atoms with Gasteiger partial charge in [0.1, 0.15) is 22.9 Å². The highest BCUT2D eigenvalue weighted by Gasteiger charge is 2.48. The van der Waals surface area contributed by atoms with Crippen molar-refractivity contribution in [3.8, 4) is 11.3 Å². The van der Waals surface area contributed by atoms with E-state index in [1.165, 1.54) is 23.2 Å². The lowest BCUT2D eigenvalue weighted by Gasteiger charge is -2.35. The van der Waals surface area contributed by atoms with E-state index < -0.39 is 17.6 Å². The van der Waals surface area contributed by atoms with Crippen molar-refractivity contribution in [1.82, 2.24) is 15.2 Å². The molecule has 2 fully saturated rings. The minimum atomic E-state index is -0.672. The van der Waals surface area contributed by atoms with Crippen LogP contribution in [0.2, 0.25) is 0 Å². The minimum absolute atomic E-state index is 0. The average molecular weight is 488 g/mol. The van der Waals surface area contributed by atoms with Crippen molar-refractivity contribution < 1.29 is 18.3 Å². The maximum absolute atomic E-state index is 14.0. The van der Waals surface area contributed by atoms with Crippen molar-refractivity contribution in [2.75, 3.05) is 23.3 Å². The summed E-state index contributed by atoms with van der Waals surface area (Å²) in [4.78, 5) is 17.4. The number of nitrogens with zero attached hydrogens (tertiary/aromatic N) is 4. The third-order valence-corrected chi connectivity index (χ3v) is 6.37. The Kier molecular flexibility index (Phi) is 6.92. The van der Waals surface area contributed by atoms with Gasteiger partial charge in [-0.2, -0.15) is 4.39 Å². The lowest BCUT2D eigenvalue weighted by molar-refractivity contribution is 0.0148. The van der Waals surface area contributed by atoms with E-state index in [1.807, 2.05) is 12.1 Å². The second-order valence-corrected chi connectivity index (χ2v) is 8.59. The molecule has 178 valence electrons. The van der Waals surface area contributed by atoms with Crippen LogP contribution in [0.15, 0.2) is 54.7 Å². The topological polar surface area (TPSA) is 80.2 Å². The van der Waals surface area contributed by atoms with Crippen LogP contribution in [0, 0.1) is 17.7 Å². The zero-order valence-electron chi connectivity index (χ0n) is 18.3. The molecule has 10 heteroatoms. The third kappa shape index (κ3) is 4.94. The number of amides is 1. The highest BCUT2D eigenvalue weighted by molar-refractivity contribution is 5.90. The van der Waals surface area contributed by atoms with Crippen LogP contribution in [0.4, 0.5) is 25.1 Å². The molecule has 1 amide bonds. The quantitative estimate of drug-likeness (QED) is 0.496. The van der Waals surface area contributed by atoms with Crippen molar-refractivity contribution in [2.24, 2.45) is 5.92 Å². The molecule has 5 rings (SSSR count). The number of ether oxygens (including phenoxy) is 1. The first-order valence-electron chi connectivity index (χ1n) is 11.0. The van der Waals surface area contributed by atoms with Crippen LogP contribution in [-0.4, -0.2) is 40.0 Å². The Morgan fingerprint density at radius 1 is 1.09 bits per heavy atom. The number of hydrogen-bond acceptors (Lipinski definition) is 6. The van der Waals surface area contributed by atoms with E-state index in [9.17, 15) is 13.6 Å². The molecule has 34 heavy (non-hydrogen) atoms. The van der Waals surface area contributed by atoms with E-state index >= 15 is 0 Å². The smallest absolute Gasteiger partial charge is 0.415 e. The average Bonchev–Trinajstić information content (AvgIpc) is 3.15. The first-order chi connectivity index (χ1) is 16.0. The van der Waals surface area contributed by atoms with E-state index in [0.29, 0.717) is 42.4 Å². The fourth-order valence-electron chi connectivity index (χ4n) is 4.53. The van der Waals surface area contributed by atoms with E-state index in [0.717, 1.165) is 19.4 Å². The number of benzene rings is 1. The van der Waals surface area contributed by atoms with Crippen LogP contribution in [0.5, 0.6) is 0 Å². The van der Waals surface area contributed by atoms with Crippen LogP contribution in [0.3, 0.4) is 0 Å². The van der Waals surface area contributed by atoms with Crippen molar-refractivity contribution >= 4 is 30.0 Å². The molecule has 1 aliphatic heterocycles. The van der Waals surface area contributed by atoms with Gasteiger partial charge in [0.05, 0.1) is 12.2 Å². The largest absolute Gasteiger partial charge is 0.441 e. The Morgan fingerprint density at radius 2 is 1.91 bits per heavy atom. The number of halogens is 3. The molecule has 2 aromatic heterocycles. The van der Waals surface area contributed by atoms with Gasteiger partial charge in [0, 0.05) is 18.3 Å². The maximum Gasteiger partial charge on any atom is 0.415 e. The molecule has 1 saturated heterocycles. The fourth-order valence-corrected chi connectivity index (χ4v) is 4.53. The third-order valence-electron chi connectivity index (χ3n) is 6.37. The molecular weight excluding hydrogens is 464 g/mol. The number of rotatable bonds is 5.